The van der Waals surface area contributed by atoms with Crippen LogP contribution in [0.4, 0.5) is 4.79 Å². The molecule has 0 spiro atoms. The molecule has 11 heteroatoms. The van der Waals surface area contributed by atoms with Crippen LogP contribution in [-0.2, 0) is 4.79 Å². The highest BCUT2D eigenvalue weighted by Crippen LogP contribution is 2.36. The Balaban J connectivity index is 1.22. The standard InChI is InChI=1S/C20H15N5O5S/c26-18(13-10-23-25-6-1-4-21-17(13)25)22-5-7-24-19(27)16(31-20(24)28)9-12-2-3-14-15(8-12)30-11-29-14/h1-4,6,8-10H,5,7,11H2,(H,22,26). The van der Waals surface area contributed by atoms with Crippen molar-refractivity contribution >= 4 is 40.5 Å². The van der Waals surface area contributed by atoms with Gasteiger partial charge in [-0.25, -0.2) is 9.50 Å². The molecule has 1 saturated heterocycles. The third-order valence-electron chi connectivity index (χ3n) is 4.71. The van der Waals surface area contributed by atoms with Crippen LogP contribution in [0.1, 0.15) is 15.9 Å². The van der Waals surface area contributed by atoms with Gasteiger partial charge in [0.2, 0.25) is 6.79 Å². The molecule has 0 aliphatic carbocycles. The predicted molar refractivity (Wildman–Crippen MR) is 111 cm³/mol. The molecule has 2 aliphatic rings. The summed E-state index contributed by atoms with van der Waals surface area (Å²) in [7, 11) is 0. The van der Waals surface area contributed by atoms with Crippen molar-refractivity contribution in [3.63, 3.8) is 0 Å². The van der Waals surface area contributed by atoms with Crippen molar-refractivity contribution in [2.75, 3.05) is 19.9 Å². The lowest BCUT2D eigenvalue weighted by Gasteiger charge is -2.12. The van der Waals surface area contributed by atoms with E-state index in [2.05, 4.69) is 15.4 Å². The van der Waals surface area contributed by atoms with E-state index in [-0.39, 0.29) is 31.0 Å². The molecule has 4 heterocycles. The van der Waals surface area contributed by atoms with Gasteiger partial charge in [0, 0.05) is 25.5 Å². The Morgan fingerprint density at radius 2 is 2.13 bits per heavy atom. The highest BCUT2D eigenvalue weighted by Gasteiger charge is 2.34. The number of aromatic nitrogens is 3. The molecule has 1 N–H and O–H groups in total. The number of carbonyl (C=O) groups excluding carboxylic acids is 3. The summed E-state index contributed by atoms with van der Waals surface area (Å²) < 4.78 is 12.1. The quantitative estimate of drug-likeness (QED) is 0.602. The Morgan fingerprint density at radius 1 is 1.26 bits per heavy atom. The fourth-order valence-corrected chi connectivity index (χ4v) is 4.08. The Bertz CT molecular complexity index is 1250. The molecule has 10 nitrogen and oxygen atoms in total. The maximum atomic E-state index is 12.7. The van der Waals surface area contributed by atoms with Crippen molar-refractivity contribution in [1.82, 2.24) is 24.8 Å². The van der Waals surface area contributed by atoms with Crippen LogP contribution in [0.2, 0.25) is 0 Å². The summed E-state index contributed by atoms with van der Waals surface area (Å²) in [6.45, 7) is 0.326. The van der Waals surface area contributed by atoms with Crippen LogP contribution in [0.25, 0.3) is 11.7 Å². The molecule has 3 amide bonds. The van der Waals surface area contributed by atoms with E-state index in [0.717, 1.165) is 22.2 Å². The van der Waals surface area contributed by atoms with Crippen LogP contribution in [0.15, 0.2) is 47.8 Å². The zero-order valence-corrected chi connectivity index (χ0v) is 16.8. The number of thioether (sulfide) groups is 1. The lowest BCUT2D eigenvalue weighted by molar-refractivity contribution is -0.122. The maximum absolute atomic E-state index is 12.7. The second-order valence-electron chi connectivity index (χ2n) is 6.65. The molecule has 1 fully saturated rings. The topological polar surface area (TPSA) is 115 Å². The summed E-state index contributed by atoms with van der Waals surface area (Å²) in [6, 6.07) is 6.99. The first-order valence-corrected chi connectivity index (χ1v) is 10.1. The van der Waals surface area contributed by atoms with E-state index >= 15 is 0 Å². The van der Waals surface area contributed by atoms with E-state index in [0.29, 0.717) is 27.6 Å². The number of rotatable bonds is 5. The van der Waals surface area contributed by atoms with Gasteiger partial charge in [-0.3, -0.25) is 19.3 Å². The van der Waals surface area contributed by atoms with E-state index in [1.165, 1.54) is 10.7 Å². The van der Waals surface area contributed by atoms with Gasteiger partial charge >= 0.3 is 0 Å². The highest BCUT2D eigenvalue weighted by molar-refractivity contribution is 8.18. The molecule has 156 valence electrons. The number of amides is 3. The van der Waals surface area contributed by atoms with Gasteiger partial charge in [-0.15, -0.1) is 0 Å². The largest absolute Gasteiger partial charge is 0.454 e. The number of nitrogens with zero attached hydrogens (tertiary/aromatic N) is 4. The Hall–Kier alpha value is -3.86. The van der Waals surface area contributed by atoms with Crippen molar-refractivity contribution in [3.8, 4) is 11.5 Å². The molecular formula is C20H15N5O5S. The zero-order valence-electron chi connectivity index (χ0n) is 16.0. The van der Waals surface area contributed by atoms with E-state index < -0.39 is 5.91 Å². The number of imide groups is 1. The van der Waals surface area contributed by atoms with Crippen LogP contribution in [0.3, 0.4) is 0 Å². The van der Waals surface area contributed by atoms with E-state index in [9.17, 15) is 14.4 Å². The number of fused-ring (bicyclic) bond motifs is 2. The summed E-state index contributed by atoms with van der Waals surface area (Å²) >= 11 is 0.859. The molecule has 0 radical (unpaired) electrons. The smallest absolute Gasteiger partial charge is 0.293 e. The molecule has 0 bridgehead atoms. The van der Waals surface area contributed by atoms with Crippen molar-refractivity contribution in [3.05, 3.63) is 58.9 Å². The Labute approximate surface area is 179 Å². The molecule has 0 saturated carbocycles. The van der Waals surface area contributed by atoms with Gasteiger partial charge in [0.05, 0.1) is 11.1 Å². The molecule has 31 heavy (non-hydrogen) atoms. The number of nitrogens with one attached hydrogen (secondary N) is 1. The fourth-order valence-electron chi connectivity index (χ4n) is 3.21. The Morgan fingerprint density at radius 3 is 3.03 bits per heavy atom. The van der Waals surface area contributed by atoms with Gasteiger partial charge in [0.15, 0.2) is 17.1 Å². The number of carbonyl (C=O) groups is 3. The number of ether oxygens (including phenoxy) is 2. The fraction of sp³-hybridized carbons (Fsp3) is 0.150. The minimum Gasteiger partial charge on any atom is -0.454 e. The maximum Gasteiger partial charge on any atom is 0.293 e. The second-order valence-corrected chi connectivity index (χ2v) is 7.64. The van der Waals surface area contributed by atoms with Crippen molar-refractivity contribution < 1.29 is 23.9 Å². The molecular weight excluding hydrogens is 422 g/mol. The van der Waals surface area contributed by atoms with Gasteiger partial charge in [0.1, 0.15) is 5.56 Å². The summed E-state index contributed by atoms with van der Waals surface area (Å²) in [6.07, 6.45) is 6.31. The minimum absolute atomic E-state index is 0.0571. The Kier molecular flexibility index (Phi) is 4.79. The van der Waals surface area contributed by atoms with Gasteiger partial charge < -0.3 is 14.8 Å². The molecule has 3 aromatic rings. The molecule has 0 atom stereocenters. The second kappa shape index (κ2) is 7.76. The molecule has 5 rings (SSSR count). The van der Waals surface area contributed by atoms with Crippen LogP contribution in [0, 0.1) is 0 Å². The average Bonchev–Trinajstić information content (AvgIpc) is 3.47. The van der Waals surface area contributed by atoms with Crippen LogP contribution >= 0.6 is 11.8 Å². The van der Waals surface area contributed by atoms with Crippen molar-refractivity contribution in [1.29, 1.82) is 0 Å². The normalized spacial score (nSPS) is 16.5. The summed E-state index contributed by atoms with van der Waals surface area (Å²) in [5.41, 5.74) is 1.47. The minimum atomic E-state index is -0.403. The van der Waals surface area contributed by atoms with E-state index in [1.54, 1.807) is 42.7 Å². The summed E-state index contributed by atoms with van der Waals surface area (Å²) in [4.78, 5) is 42.9. The first-order valence-electron chi connectivity index (χ1n) is 9.32. The lowest BCUT2D eigenvalue weighted by atomic mass is 10.2. The van der Waals surface area contributed by atoms with Gasteiger partial charge in [-0.05, 0) is 41.6 Å². The number of benzene rings is 1. The molecule has 2 aromatic heterocycles. The predicted octanol–water partition coefficient (Wildman–Crippen LogP) is 1.92. The first kappa shape index (κ1) is 19.1. The third kappa shape index (κ3) is 3.59. The molecule has 0 unspecified atom stereocenters. The highest BCUT2D eigenvalue weighted by atomic mass is 32.2. The number of hydrogen-bond acceptors (Lipinski definition) is 8. The average molecular weight is 437 g/mol. The van der Waals surface area contributed by atoms with Crippen molar-refractivity contribution in [2.24, 2.45) is 0 Å². The lowest BCUT2D eigenvalue weighted by Crippen LogP contribution is -2.37. The van der Waals surface area contributed by atoms with E-state index in [1.807, 2.05) is 0 Å². The van der Waals surface area contributed by atoms with Crippen LogP contribution in [-0.4, -0.2) is 56.4 Å². The molecule has 1 aromatic carbocycles. The zero-order chi connectivity index (χ0) is 21.4. The SMILES string of the molecule is O=C(NCCN1C(=O)SC(=Cc2ccc3c(c2)OCO3)C1=O)c1cnn2cccnc12. The third-order valence-corrected chi connectivity index (χ3v) is 5.62. The van der Waals surface area contributed by atoms with Gasteiger partial charge in [0.25, 0.3) is 17.1 Å². The van der Waals surface area contributed by atoms with Crippen molar-refractivity contribution in [2.45, 2.75) is 0 Å². The monoisotopic (exact) mass is 437 g/mol. The summed E-state index contributed by atoms with van der Waals surface area (Å²) in [5, 5.41) is 6.38. The number of hydrogen-bond donors (Lipinski definition) is 1. The molecule has 2 aliphatic heterocycles. The van der Waals surface area contributed by atoms with E-state index in [4.69, 9.17) is 9.47 Å². The van der Waals surface area contributed by atoms with Gasteiger partial charge in [-0.2, -0.15) is 5.10 Å². The first-order chi connectivity index (χ1) is 15.1. The summed E-state index contributed by atoms with van der Waals surface area (Å²) in [5.74, 6) is 0.455. The van der Waals surface area contributed by atoms with Crippen LogP contribution in [0.5, 0.6) is 11.5 Å². The van der Waals surface area contributed by atoms with Crippen LogP contribution < -0.4 is 14.8 Å². The van der Waals surface area contributed by atoms with Gasteiger partial charge in [-0.1, -0.05) is 6.07 Å².